The van der Waals surface area contributed by atoms with Crippen LogP contribution in [-0.2, 0) is 6.42 Å². The summed E-state index contributed by atoms with van der Waals surface area (Å²) in [6, 6.07) is 11.7. The molecule has 0 saturated carbocycles. The number of carbonyl (C=O) groups excluding carboxylic acids is 1. The Hall–Kier alpha value is -2.49. The fourth-order valence-electron chi connectivity index (χ4n) is 2.07. The van der Waals surface area contributed by atoms with Crippen LogP contribution in [0.15, 0.2) is 42.5 Å². The molecule has 2 aromatic carbocycles. The molecule has 2 rings (SSSR count). The van der Waals surface area contributed by atoms with Gasteiger partial charge < -0.3 is 0 Å². The Kier molecular flexibility index (Phi) is 3.94. The molecular formula is C16H15NO3. The van der Waals surface area contributed by atoms with Crippen molar-refractivity contribution in [2.24, 2.45) is 0 Å². The lowest BCUT2D eigenvalue weighted by Gasteiger charge is -2.07. The molecule has 20 heavy (non-hydrogen) atoms. The van der Waals surface area contributed by atoms with E-state index in [2.05, 4.69) is 0 Å². The van der Waals surface area contributed by atoms with E-state index in [4.69, 9.17) is 0 Å². The van der Waals surface area contributed by atoms with E-state index in [-0.39, 0.29) is 17.9 Å². The van der Waals surface area contributed by atoms with E-state index >= 15 is 0 Å². The minimum atomic E-state index is -0.448. The molecule has 0 aliphatic carbocycles. The number of aryl methyl sites for hydroxylation is 1. The highest BCUT2D eigenvalue weighted by Crippen LogP contribution is 2.17. The monoisotopic (exact) mass is 269 g/mol. The quantitative estimate of drug-likeness (QED) is 0.483. The SMILES string of the molecule is Cc1cccc(C(=O)Cc2ccc([N+](=O)[O-])cc2)c1C. The molecule has 0 fully saturated rings. The molecule has 4 nitrogen and oxygen atoms in total. The highest BCUT2D eigenvalue weighted by molar-refractivity contribution is 5.99. The maximum absolute atomic E-state index is 12.3. The first-order chi connectivity index (χ1) is 9.49. The minimum absolute atomic E-state index is 0.0278. The Morgan fingerprint density at radius 2 is 1.75 bits per heavy atom. The van der Waals surface area contributed by atoms with Crippen LogP contribution in [0.5, 0.6) is 0 Å². The summed E-state index contributed by atoms with van der Waals surface area (Å²) in [6.07, 6.45) is 0.252. The smallest absolute Gasteiger partial charge is 0.269 e. The normalized spacial score (nSPS) is 10.3. The number of rotatable bonds is 4. The summed E-state index contributed by atoms with van der Waals surface area (Å²) in [5, 5.41) is 10.6. The molecule has 0 N–H and O–H groups in total. The molecule has 0 aromatic heterocycles. The van der Waals surface area contributed by atoms with Gasteiger partial charge >= 0.3 is 0 Å². The zero-order chi connectivity index (χ0) is 14.7. The molecule has 0 spiro atoms. The summed E-state index contributed by atoms with van der Waals surface area (Å²) in [5.41, 5.74) is 3.59. The van der Waals surface area contributed by atoms with E-state index in [0.717, 1.165) is 16.7 Å². The topological polar surface area (TPSA) is 60.2 Å². The Morgan fingerprint density at radius 3 is 2.35 bits per heavy atom. The first kappa shape index (κ1) is 13.9. The van der Waals surface area contributed by atoms with E-state index in [1.54, 1.807) is 12.1 Å². The van der Waals surface area contributed by atoms with Gasteiger partial charge in [-0.25, -0.2) is 0 Å². The third-order valence-corrected chi connectivity index (χ3v) is 3.42. The van der Waals surface area contributed by atoms with Crippen molar-refractivity contribution >= 4 is 11.5 Å². The number of nitro benzene ring substituents is 1. The molecule has 0 aliphatic rings. The van der Waals surface area contributed by atoms with Crippen molar-refractivity contribution in [1.82, 2.24) is 0 Å². The summed E-state index contributed by atoms with van der Waals surface area (Å²) in [7, 11) is 0. The van der Waals surface area contributed by atoms with E-state index in [9.17, 15) is 14.9 Å². The second kappa shape index (κ2) is 5.65. The largest absolute Gasteiger partial charge is 0.294 e. The van der Waals surface area contributed by atoms with Crippen LogP contribution in [0.2, 0.25) is 0 Å². The van der Waals surface area contributed by atoms with Crippen molar-refractivity contribution < 1.29 is 9.72 Å². The van der Waals surface area contributed by atoms with Crippen molar-refractivity contribution in [2.75, 3.05) is 0 Å². The predicted molar refractivity (Wildman–Crippen MR) is 77.0 cm³/mol. The lowest BCUT2D eigenvalue weighted by Crippen LogP contribution is -2.06. The van der Waals surface area contributed by atoms with E-state index in [1.165, 1.54) is 12.1 Å². The van der Waals surface area contributed by atoms with Crippen LogP contribution >= 0.6 is 0 Å². The zero-order valence-corrected chi connectivity index (χ0v) is 11.4. The first-order valence-electron chi connectivity index (χ1n) is 6.32. The van der Waals surface area contributed by atoms with Crippen LogP contribution in [0.3, 0.4) is 0 Å². The molecule has 0 atom stereocenters. The third-order valence-electron chi connectivity index (χ3n) is 3.42. The molecule has 4 heteroatoms. The average molecular weight is 269 g/mol. The van der Waals surface area contributed by atoms with Gasteiger partial charge in [-0.05, 0) is 30.5 Å². The molecule has 0 saturated heterocycles. The first-order valence-corrected chi connectivity index (χ1v) is 6.32. The van der Waals surface area contributed by atoms with Crippen molar-refractivity contribution in [3.63, 3.8) is 0 Å². The number of nitrogens with zero attached hydrogens (tertiary/aromatic N) is 1. The zero-order valence-electron chi connectivity index (χ0n) is 11.4. The molecule has 2 aromatic rings. The number of Topliss-reactive ketones (excluding diaryl/α,β-unsaturated/α-hetero) is 1. The van der Waals surface area contributed by atoms with Crippen LogP contribution in [0.1, 0.15) is 27.0 Å². The second-order valence-electron chi connectivity index (χ2n) is 4.77. The molecule has 0 radical (unpaired) electrons. The van der Waals surface area contributed by atoms with Gasteiger partial charge in [-0.1, -0.05) is 30.3 Å². The third kappa shape index (κ3) is 2.91. The molecule has 0 aliphatic heterocycles. The van der Waals surface area contributed by atoms with Crippen LogP contribution < -0.4 is 0 Å². The lowest BCUT2D eigenvalue weighted by molar-refractivity contribution is -0.384. The van der Waals surface area contributed by atoms with Gasteiger partial charge in [-0.15, -0.1) is 0 Å². The summed E-state index contributed by atoms with van der Waals surface area (Å²) >= 11 is 0. The fourth-order valence-corrected chi connectivity index (χ4v) is 2.07. The molecule has 0 bridgehead atoms. The summed E-state index contributed by atoms with van der Waals surface area (Å²) in [4.78, 5) is 22.4. The van der Waals surface area contributed by atoms with Gasteiger partial charge in [0.1, 0.15) is 0 Å². The maximum Gasteiger partial charge on any atom is 0.269 e. The van der Waals surface area contributed by atoms with Gasteiger partial charge in [0.15, 0.2) is 5.78 Å². The van der Waals surface area contributed by atoms with Gasteiger partial charge in [0, 0.05) is 24.1 Å². The molecule has 0 unspecified atom stereocenters. The van der Waals surface area contributed by atoms with Gasteiger partial charge in [0.2, 0.25) is 0 Å². The summed E-state index contributed by atoms with van der Waals surface area (Å²) < 4.78 is 0. The van der Waals surface area contributed by atoms with Gasteiger partial charge in [-0.2, -0.15) is 0 Å². The number of hydrogen-bond donors (Lipinski definition) is 0. The van der Waals surface area contributed by atoms with Crippen LogP contribution in [0, 0.1) is 24.0 Å². The standard InChI is InChI=1S/C16H15NO3/c1-11-4-3-5-15(12(11)2)16(18)10-13-6-8-14(9-7-13)17(19)20/h3-9H,10H2,1-2H3. The lowest BCUT2D eigenvalue weighted by atomic mass is 9.96. The molecular weight excluding hydrogens is 254 g/mol. The second-order valence-corrected chi connectivity index (χ2v) is 4.77. The Balaban J connectivity index is 2.19. The minimum Gasteiger partial charge on any atom is -0.294 e. The van der Waals surface area contributed by atoms with E-state index in [1.807, 2.05) is 32.0 Å². The number of hydrogen-bond acceptors (Lipinski definition) is 3. The van der Waals surface area contributed by atoms with Crippen LogP contribution in [0.4, 0.5) is 5.69 Å². The van der Waals surface area contributed by atoms with Crippen LogP contribution in [0.25, 0.3) is 0 Å². The molecule has 102 valence electrons. The Bertz CT molecular complexity index is 660. The number of carbonyl (C=O) groups is 1. The molecule has 0 heterocycles. The van der Waals surface area contributed by atoms with Crippen molar-refractivity contribution in [3.05, 3.63) is 74.8 Å². The predicted octanol–water partition coefficient (Wildman–Crippen LogP) is 3.64. The van der Waals surface area contributed by atoms with Gasteiger partial charge in [0.05, 0.1) is 4.92 Å². The maximum atomic E-state index is 12.3. The highest BCUT2D eigenvalue weighted by atomic mass is 16.6. The Labute approximate surface area is 117 Å². The number of nitro groups is 1. The van der Waals surface area contributed by atoms with Crippen LogP contribution in [-0.4, -0.2) is 10.7 Å². The Morgan fingerprint density at radius 1 is 1.10 bits per heavy atom. The number of non-ortho nitro benzene ring substituents is 1. The number of benzene rings is 2. The molecule has 0 amide bonds. The van der Waals surface area contributed by atoms with Gasteiger partial charge in [-0.3, -0.25) is 14.9 Å². The van der Waals surface area contributed by atoms with E-state index < -0.39 is 4.92 Å². The summed E-state index contributed by atoms with van der Waals surface area (Å²) in [6.45, 7) is 3.90. The fraction of sp³-hybridized carbons (Fsp3) is 0.188. The van der Waals surface area contributed by atoms with Crippen molar-refractivity contribution in [1.29, 1.82) is 0 Å². The highest BCUT2D eigenvalue weighted by Gasteiger charge is 2.12. The van der Waals surface area contributed by atoms with E-state index in [0.29, 0.717) is 5.56 Å². The van der Waals surface area contributed by atoms with Crippen molar-refractivity contribution in [3.8, 4) is 0 Å². The van der Waals surface area contributed by atoms with Gasteiger partial charge in [0.25, 0.3) is 5.69 Å². The van der Waals surface area contributed by atoms with Crippen molar-refractivity contribution in [2.45, 2.75) is 20.3 Å². The summed E-state index contributed by atoms with van der Waals surface area (Å²) in [5.74, 6) is 0.0278. The number of ketones is 1. The average Bonchev–Trinajstić information content (AvgIpc) is 2.42.